The van der Waals surface area contributed by atoms with Crippen molar-refractivity contribution < 1.29 is 14.3 Å². The summed E-state index contributed by atoms with van der Waals surface area (Å²) < 4.78 is 16.7. The first-order chi connectivity index (χ1) is 13.1. The third kappa shape index (κ3) is 2.87. The Morgan fingerprint density at radius 3 is 2.39 bits per heavy atom. The number of nitrogens with zero attached hydrogens (tertiary/aromatic N) is 4. The van der Waals surface area contributed by atoms with Crippen LogP contribution in [0.25, 0.3) is 11.0 Å². The first-order valence-electron chi connectivity index (χ1n) is 9.54. The summed E-state index contributed by atoms with van der Waals surface area (Å²) in [5.74, 6) is -1.68. The van der Waals surface area contributed by atoms with Crippen LogP contribution in [0, 0.1) is 5.82 Å². The van der Waals surface area contributed by atoms with E-state index in [9.17, 15) is 14.7 Å². The molecule has 0 aliphatic carbocycles. The average Bonchev–Trinajstić information content (AvgIpc) is 2.81. The van der Waals surface area contributed by atoms with Crippen LogP contribution in [0.15, 0.2) is 17.1 Å². The second kappa shape index (κ2) is 6.27. The van der Waals surface area contributed by atoms with Gasteiger partial charge < -0.3 is 14.6 Å². The van der Waals surface area contributed by atoms with Crippen LogP contribution in [0.1, 0.15) is 44.0 Å². The zero-order valence-corrected chi connectivity index (χ0v) is 16.6. The fourth-order valence-electron chi connectivity index (χ4n) is 4.39. The SMILES string of the molecule is CN1C2CCC1CN(c1nc3c(cc1F)c(=O)c(C(=O)O)cn3C(C)(C)C)C2. The fourth-order valence-corrected chi connectivity index (χ4v) is 4.39. The molecule has 2 aromatic heterocycles. The second-order valence-electron chi connectivity index (χ2n) is 8.84. The Labute approximate surface area is 162 Å². The minimum atomic E-state index is -1.33. The molecule has 150 valence electrons. The van der Waals surface area contributed by atoms with Gasteiger partial charge in [0.25, 0.3) is 0 Å². The summed E-state index contributed by atoms with van der Waals surface area (Å²) >= 11 is 0. The lowest BCUT2D eigenvalue weighted by atomic mass is 10.1. The molecule has 0 spiro atoms. The minimum Gasteiger partial charge on any atom is -0.477 e. The van der Waals surface area contributed by atoms with Gasteiger partial charge in [-0.2, -0.15) is 0 Å². The van der Waals surface area contributed by atoms with Crippen molar-refractivity contribution in [1.82, 2.24) is 14.5 Å². The molecule has 4 rings (SSSR count). The molecule has 0 radical (unpaired) electrons. The number of carboxylic acids is 1. The van der Waals surface area contributed by atoms with Gasteiger partial charge in [-0.3, -0.25) is 9.69 Å². The van der Waals surface area contributed by atoms with Crippen LogP contribution < -0.4 is 10.3 Å². The molecule has 2 atom stereocenters. The highest BCUT2D eigenvalue weighted by atomic mass is 19.1. The number of anilines is 1. The lowest BCUT2D eigenvalue weighted by molar-refractivity contribution is 0.0694. The lowest BCUT2D eigenvalue weighted by Gasteiger charge is -2.39. The zero-order valence-electron chi connectivity index (χ0n) is 16.6. The standard InChI is InChI=1S/C20H25FN4O3/c1-20(2,3)25-10-14(19(27)28)16(26)13-7-15(21)18(22-17(13)25)24-8-11-5-6-12(9-24)23(11)4/h7,10-12H,5-6,8-9H2,1-4H3,(H,27,28). The average molecular weight is 388 g/mol. The normalized spacial score (nSPS) is 22.8. The molecule has 2 saturated heterocycles. The quantitative estimate of drug-likeness (QED) is 0.850. The van der Waals surface area contributed by atoms with Crippen LogP contribution >= 0.6 is 0 Å². The van der Waals surface area contributed by atoms with Crippen molar-refractivity contribution in [1.29, 1.82) is 0 Å². The third-order valence-electron chi connectivity index (χ3n) is 6.01. The number of hydrogen-bond acceptors (Lipinski definition) is 5. The number of carbonyl (C=O) groups is 1. The van der Waals surface area contributed by atoms with Gasteiger partial charge in [0.05, 0.1) is 5.39 Å². The molecule has 2 fully saturated rings. The number of carboxylic acid groups (broad SMARTS) is 1. The van der Waals surface area contributed by atoms with Crippen LogP contribution in [0.2, 0.25) is 0 Å². The predicted octanol–water partition coefficient (Wildman–Crippen LogP) is 2.27. The lowest BCUT2D eigenvalue weighted by Crippen LogP contribution is -2.52. The van der Waals surface area contributed by atoms with Crippen LogP contribution in [-0.2, 0) is 5.54 Å². The minimum absolute atomic E-state index is 0.00632. The number of piperazine rings is 1. The van der Waals surface area contributed by atoms with E-state index in [0.717, 1.165) is 18.9 Å². The topological polar surface area (TPSA) is 78.7 Å². The van der Waals surface area contributed by atoms with Crippen LogP contribution in [-0.4, -0.2) is 57.7 Å². The molecule has 8 heteroatoms. The molecule has 2 bridgehead atoms. The monoisotopic (exact) mass is 388 g/mol. The van der Waals surface area contributed by atoms with E-state index in [1.807, 2.05) is 25.7 Å². The van der Waals surface area contributed by atoms with Crippen molar-refractivity contribution in [2.24, 2.45) is 0 Å². The molecule has 1 N–H and O–H groups in total. The van der Waals surface area contributed by atoms with Gasteiger partial charge in [-0.05, 0) is 46.7 Å². The van der Waals surface area contributed by atoms with Gasteiger partial charge in [0.2, 0.25) is 5.43 Å². The first-order valence-corrected chi connectivity index (χ1v) is 9.54. The van der Waals surface area contributed by atoms with E-state index < -0.39 is 22.8 Å². The van der Waals surface area contributed by atoms with Crippen molar-refractivity contribution in [2.45, 2.75) is 51.2 Å². The molecule has 2 aliphatic rings. The number of hydrogen-bond donors (Lipinski definition) is 1. The molecule has 7 nitrogen and oxygen atoms in total. The highest BCUT2D eigenvalue weighted by Crippen LogP contribution is 2.32. The predicted molar refractivity (Wildman–Crippen MR) is 105 cm³/mol. The number of halogens is 1. The van der Waals surface area contributed by atoms with Crippen molar-refractivity contribution in [2.75, 3.05) is 25.0 Å². The summed E-state index contributed by atoms with van der Waals surface area (Å²) in [7, 11) is 2.11. The molecule has 2 aliphatic heterocycles. The Balaban J connectivity index is 1.92. The maximum atomic E-state index is 15.0. The van der Waals surface area contributed by atoms with E-state index in [0.29, 0.717) is 30.8 Å². The van der Waals surface area contributed by atoms with E-state index in [1.165, 1.54) is 6.20 Å². The molecule has 28 heavy (non-hydrogen) atoms. The van der Waals surface area contributed by atoms with Gasteiger partial charge in [0.15, 0.2) is 11.6 Å². The molecule has 2 unspecified atom stereocenters. The van der Waals surface area contributed by atoms with Crippen LogP contribution in [0.5, 0.6) is 0 Å². The van der Waals surface area contributed by atoms with E-state index in [-0.39, 0.29) is 16.8 Å². The van der Waals surface area contributed by atoms with Crippen molar-refractivity contribution in [3.05, 3.63) is 33.9 Å². The Hall–Kier alpha value is -2.48. The van der Waals surface area contributed by atoms with Gasteiger partial charge in [-0.15, -0.1) is 0 Å². The van der Waals surface area contributed by atoms with Gasteiger partial charge in [0, 0.05) is 36.9 Å². The number of likely N-dealkylation sites (N-methyl/N-ethyl adjacent to an activating group) is 1. The molecular formula is C20H25FN4O3. The summed E-state index contributed by atoms with van der Waals surface area (Å²) in [5.41, 5.74) is -1.31. The molecule has 0 amide bonds. The van der Waals surface area contributed by atoms with E-state index >= 15 is 4.39 Å². The molecule has 4 heterocycles. The number of aromatic nitrogens is 2. The third-order valence-corrected chi connectivity index (χ3v) is 6.01. The smallest absolute Gasteiger partial charge is 0.341 e. The van der Waals surface area contributed by atoms with Gasteiger partial charge >= 0.3 is 5.97 Å². The second-order valence-corrected chi connectivity index (χ2v) is 8.84. The summed E-state index contributed by atoms with van der Waals surface area (Å²) in [5, 5.41) is 9.39. The largest absolute Gasteiger partial charge is 0.477 e. The summed E-state index contributed by atoms with van der Waals surface area (Å²) in [6.07, 6.45) is 3.48. The first kappa shape index (κ1) is 18.9. The Morgan fingerprint density at radius 1 is 1.25 bits per heavy atom. The molecular weight excluding hydrogens is 363 g/mol. The Kier molecular flexibility index (Phi) is 4.22. The summed E-state index contributed by atoms with van der Waals surface area (Å²) in [6, 6.07) is 1.89. The van der Waals surface area contributed by atoms with E-state index in [2.05, 4.69) is 16.9 Å². The highest BCUT2D eigenvalue weighted by Gasteiger charge is 2.38. The van der Waals surface area contributed by atoms with Crippen molar-refractivity contribution in [3.8, 4) is 0 Å². The van der Waals surface area contributed by atoms with Gasteiger partial charge in [-0.1, -0.05) is 0 Å². The van der Waals surface area contributed by atoms with E-state index in [1.54, 1.807) is 4.57 Å². The number of aromatic carboxylic acids is 1. The zero-order chi connectivity index (χ0) is 20.4. The molecule has 2 aromatic rings. The Bertz CT molecular complexity index is 1010. The van der Waals surface area contributed by atoms with Gasteiger partial charge in [0.1, 0.15) is 11.2 Å². The fraction of sp³-hybridized carbons (Fsp3) is 0.550. The van der Waals surface area contributed by atoms with Crippen LogP contribution in [0.3, 0.4) is 0 Å². The summed E-state index contributed by atoms with van der Waals surface area (Å²) in [4.78, 5) is 33.0. The number of rotatable bonds is 2. The van der Waals surface area contributed by atoms with Crippen molar-refractivity contribution in [3.63, 3.8) is 0 Å². The maximum absolute atomic E-state index is 15.0. The van der Waals surface area contributed by atoms with Crippen molar-refractivity contribution >= 4 is 22.8 Å². The highest BCUT2D eigenvalue weighted by molar-refractivity contribution is 5.92. The van der Waals surface area contributed by atoms with E-state index in [4.69, 9.17) is 0 Å². The number of pyridine rings is 2. The van der Waals surface area contributed by atoms with Crippen LogP contribution in [0.4, 0.5) is 10.2 Å². The maximum Gasteiger partial charge on any atom is 0.341 e. The van der Waals surface area contributed by atoms with Gasteiger partial charge in [-0.25, -0.2) is 14.2 Å². The Morgan fingerprint density at radius 2 is 1.86 bits per heavy atom. The molecule has 0 aromatic carbocycles. The molecule has 0 saturated carbocycles. The summed E-state index contributed by atoms with van der Waals surface area (Å²) in [6.45, 7) is 7.06. The number of fused-ring (bicyclic) bond motifs is 3.